The summed E-state index contributed by atoms with van der Waals surface area (Å²) in [7, 11) is 0. The number of piperidine rings is 1. The Bertz CT molecular complexity index is 670. The third kappa shape index (κ3) is 4.10. The van der Waals surface area contributed by atoms with Crippen LogP contribution in [0.15, 0.2) is 47.1 Å². The van der Waals surface area contributed by atoms with Gasteiger partial charge in [0.1, 0.15) is 5.69 Å². The maximum atomic E-state index is 12.5. The molecule has 5 heteroatoms. The summed E-state index contributed by atoms with van der Waals surface area (Å²) in [5, 5.41) is 3.28. The molecule has 0 saturated carbocycles. The van der Waals surface area contributed by atoms with E-state index in [1.165, 1.54) is 6.42 Å². The lowest BCUT2D eigenvalue weighted by atomic mass is 10.00. The van der Waals surface area contributed by atoms with Gasteiger partial charge < -0.3 is 10.2 Å². The zero-order valence-electron chi connectivity index (χ0n) is 13.1. The fraction of sp³-hybridized carbons (Fsp3) is 0.333. The minimum Gasteiger partial charge on any atom is -0.354 e. The molecule has 1 fully saturated rings. The molecule has 4 nitrogen and oxygen atoms in total. The first-order valence-electron chi connectivity index (χ1n) is 7.90. The summed E-state index contributed by atoms with van der Waals surface area (Å²) in [6.07, 6.45) is 3.99. The van der Waals surface area contributed by atoms with Gasteiger partial charge in [0.15, 0.2) is 0 Å². The smallest absolute Gasteiger partial charge is 0.272 e. The summed E-state index contributed by atoms with van der Waals surface area (Å²) in [6.45, 7) is 3.86. The van der Waals surface area contributed by atoms with Crippen LogP contribution in [0.1, 0.15) is 30.3 Å². The Kier molecular flexibility index (Phi) is 4.96. The van der Waals surface area contributed by atoms with Crippen LogP contribution in [0.25, 0.3) is 0 Å². The molecule has 1 atom stereocenters. The number of hydrogen-bond donors (Lipinski definition) is 1. The van der Waals surface area contributed by atoms with E-state index in [2.05, 4.69) is 33.2 Å². The number of nitrogens with zero attached hydrogens (tertiary/aromatic N) is 2. The molecule has 0 aliphatic carbocycles. The van der Waals surface area contributed by atoms with E-state index in [9.17, 15) is 4.79 Å². The van der Waals surface area contributed by atoms with Gasteiger partial charge in [-0.15, -0.1) is 0 Å². The highest BCUT2D eigenvalue weighted by Gasteiger charge is 2.22. The lowest BCUT2D eigenvalue weighted by Gasteiger charge is -2.30. The molecule has 1 aliphatic rings. The van der Waals surface area contributed by atoms with Crippen molar-refractivity contribution in [2.24, 2.45) is 5.92 Å². The Morgan fingerprint density at radius 1 is 1.22 bits per heavy atom. The van der Waals surface area contributed by atoms with Crippen molar-refractivity contribution < 1.29 is 4.79 Å². The number of amides is 1. The molecule has 0 bridgehead atoms. The van der Waals surface area contributed by atoms with Gasteiger partial charge >= 0.3 is 0 Å². The molecule has 1 aromatic carbocycles. The van der Waals surface area contributed by atoms with E-state index in [0.29, 0.717) is 11.6 Å². The number of hydrogen-bond acceptors (Lipinski definition) is 3. The van der Waals surface area contributed by atoms with E-state index in [1.54, 1.807) is 12.3 Å². The van der Waals surface area contributed by atoms with Crippen LogP contribution < -0.4 is 5.32 Å². The third-order valence-electron chi connectivity index (χ3n) is 4.06. The number of rotatable bonds is 3. The Balaban J connectivity index is 1.66. The van der Waals surface area contributed by atoms with E-state index in [-0.39, 0.29) is 5.91 Å². The van der Waals surface area contributed by atoms with Crippen molar-refractivity contribution in [3.63, 3.8) is 0 Å². The summed E-state index contributed by atoms with van der Waals surface area (Å²) in [5.41, 5.74) is 2.37. The van der Waals surface area contributed by atoms with Crippen LogP contribution in [0.3, 0.4) is 0 Å². The normalized spacial score (nSPS) is 17.8. The van der Waals surface area contributed by atoms with Crippen molar-refractivity contribution in [2.75, 3.05) is 18.4 Å². The summed E-state index contributed by atoms with van der Waals surface area (Å²) in [6, 6.07) is 11.6. The molecule has 23 heavy (non-hydrogen) atoms. The molecular weight excluding hydrogens is 354 g/mol. The van der Waals surface area contributed by atoms with Gasteiger partial charge in [0, 0.05) is 23.2 Å². The van der Waals surface area contributed by atoms with Gasteiger partial charge in [-0.05, 0) is 55.2 Å². The van der Waals surface area contributed by atoms with Crippen molar-refractivity contribution >= 4 is 33.2 Å². The maximum absolute atomic E-state index is 12.5. The molecular formula is C18H20BrN3O. The molecule has 1 aromatic heterocycles. The number of aromatic nitrogens is 1. The van der Waals surface area contributed by atoms with Crippen LogP contribution in [0.2, 0.25) is 0 Å². The average molecular weight is 374 g/mol. The fourth-order valence-electron chi connectivity index (χ4n) is 2.83. The van der Waals surface area contributed by atoms with Gasteiger partial charge in [-0.3, -0.25) is 4.79 Å². The Morgan fingerprint density at radius 2 is 1.96 bits per heavy atom. The third-order valence-corrected chi connectivity index (χ3v) is 4.59. The highest BCUT2D eigenvalue weighted by Crippen LogP contribution is 2.20. The van der Waals surface area contributed by atoms with Crippen LogP contribution in [-0.4, -0.2) is 28.9 Å². The van der Waals surface area contributed by atoms with Crippen LogP contribution in [-0.2, 0) is 0 Å². The van der Waals surface area contributed by atoms with Crippen LogP contribution in [0.4, 0.5) is 11.4 Å². The van der Waals surface area contributed by atoms with E-state index < -0.39 is 0 Å². The number of carbonyl (C=O) groups is 1. The van der Waals surface area contributed by atoms with Crippen molar-refractivity contribution in [1.29, 1.82) is 0 Å². The zero-order chi connectivity index (χ0) is 16.2. The van der Waals surface area contributed by atoms with E-state index in [1.807, 2.05) is 35.2 Å². The number of anilines is 2. The summed E-state index contributed by atoms with van der Waals surface area (Å²) in [5.74, 6) is 0.609. The Morgan fingerprint density at radius 3 is 2.61 bits per heavy atom. The predicted molar refractivity (Wildman–Crippen MR) is 96.0 cm³/mol. The molecule has 3 rings (SSSR count). The second-order valence-corrected chi connectivity index (χ2v) is 6.98. The highest BCUT2D eigenvalue weighted by atomic mass is 79.9. The van der Waals surface area contributed by atoms with Crippen LogP contribution in [0, 0.1) is 5.92 Å². The Labute approximate surface area is 145 Å². The van der Waals surface area contributed by atoms with Crippen molar-refractivity contribution in [3.8, 4) is 0 Å². The van der Waals surface area contributed by atoms with Crippen molar-refractivity contribution in [3.05, 3.63) is 52.8 Å². The first-order valence-corrected chi connectivity index (χ1v) is 8.69. The fourth-order valence-corrected chi connectivity index (χ4v) is 3.09. The monoisotopic (exact) mass is 373 g/mol. The number of carbonyl (C=O) groups excluding carboxylic acids is 1. The molecule has 2 aromatic rings. The SMILES string of the molecule is CC1CCCN(C(=O)c2ccc(Nc3ccc(Br)cc3)cn2)C1. The number of pyridine rings is 1. The largest absolute Gasteiger partial charge is 0.354 e. The lowest BCUT2D eigenvalue weighted by Crippen LogP contribution is -2.39. The molecule has 0 spiro atoms. The number of halogens is 1. The van der Waals surface area contributed by atoms with Gasteiger partial charge in [0.25, 0.3) is 5.91 Å². The molecule has 1 saturated heterocycles. The first kappa shape index (κ1) is 16.0. The molecule has 1 aliphatic heterocycles. The van der Waals surface area contributed by atoms with Gasteiger partial charge in [-0.1, -0.05) is 22.9 Å². The zero-order valence-corrected chi connectivity index (χ0v) is 14.7. The quantitative estimate of drug-likeness (QED) is 0.863. The molecule has 1 amide bonds. The van der Waals surface area contributed by atoms with E-state index in [0.717, 1.165) is 35.4 Å². The summed E-state index contributed by atoms with van der Waals surface area (Å²) < 4.78 is 1.04. The number of benzene rings is 1. The van der Waals surface area contributed by atoms with E-state index in [4.69, 9.17) is 0 Å². The molecule has 1 N–H and O–H groups in total. The number of nitrogens with one attached hydrogen (secondary N) is 1. The van der Waals surface area contributed by atoms with Crippen LogP contribution in [0.5, 0.6) is 0 Å². The van der Waals surface area contributed by atoms with Crippen molar-refractivity contribution in [2.45, 2.75) is 19.8 Å². The van der Waals surface area contributed by atoms with Gasteiger partial charge in [-0.2, -0.15) is 0 Å². The topological polar surface area (TPSA) is 45.2 Å². The average Bonchev–Trinajstić information content (AvgIpc) is 2.57. The first-order chi connectivity index (χ1) is 11.1. The van der Waals surface area contributed by atoms with Crippen molar-refractivity contribution in [1.82, 2.24) is 9.88 Å². The second kappa shape index (κ2) is 7.13. The maximum Gasteiger partial charge on any atom is 0.272 e. The van der Waals surface area contributed by atoms with Gasteiger partial charge in [0.05, 0.1) is 11.9 Å². The standard InChI is InChI=1S/C18H20BrN3O/c1-13-3-2-10-22(12-13)18(23)17-9-8-16(11-20-17)21-15-6-4-14(19)5-7-15/h4-9,11,13,21H,2-3,10,12H2,1H3. The Hall–Kier alpha value is -1.88. The minimum atomic E-state index is 0.0340. The lowest BCUT2D eigenvalue weighted by molar-refractivity contribution is 0.0677. The molecule has 0 radical (unpaired) electrons. The summed E-state index contributed by atoms with van der Waals surface area (Å²) >= 11 is 3.42. The van der Waals surface area contributed by atoms with Crippen LogP contribution >= 0.6 is 15.9 Å². The van der Waals surface area contributed by atoms with Gasteiger partial charge in [-0.25, -0.2) is 4.98 Å². The second-order valence-electron chi connectivity index (χ2n) is 6.06. The number of likely N-dealkylation sites (tertiary alicyclic amines) is 1. The molecule has 1 unspecified atom stereocenters. The highest BCUT2D eigenvalue weighted by molar-refractivity contribution is 9.10. The van der Waals surface area contributed by atoms with E-state index >= 15 is 0 Å². The summed E-state index contributed by atoms with van der Waals surface area (Å²) in [4.78, 5) is 18.7. The molecule has 120 valence electrons. The van der Waals surface area contributed by atoms with Gasteiger partial charge in [0.2, 0.25) is 0 Å². The predicted octanol–water partition coefficient (Wildman–Crippen LogP) is 4.46. The minimum absolute atomic E-state index is 0.0340. The molecule has 2 heterocycles.